The number of rotatable bonds is 10. The van der Waals surface area contributed by atoms with Gasteiger partial charge in [-0.3, -0.25) is 9.63 Å². The predicted octanol–water partition coefficient (Wildman–Crippen LogP) is 4.03. The summed E-state index contributed by atoms with van der Waals surface area (Å²) < 4.78 is 6.26. The van der Waals surface area contributed by atoms with Crippen molar-refractivity contribution in [2.24, 2.45) is 29.6 Å². The van der Waals surface area contributed by atoms with Gasteiger partial charge in [-0.15, -0.1) is 0 Å². The molecule has 1 N–H and O–H groups in total. The topological polar surface area (TPSA) is 57.3 Å². The van der Waals surface area contributed by atoms with E-state index in [-0.39, 0.29) is 18.1 Å². The summed E-state index contributed by atoms with van der Waals surface area (Å²) in [5, 5.41) is 5.77. The van der Waals surface area contributed by atoms with Crippen LogP contribution < -0.4 is 5.32 Å². The second-order valence-electron chi connectivity index (χ2n) is 13.2. The van der Waals surface area contributed by atoms with Crippen LogP contribution in [0, 0.1) is 29.6 Å². The van der Waals surface area contributed by atoms with Gasteiger partial charge in [-0.1, -0.05) is 25.7 Å². The Kier molecular flexibility index (Phi) is 11.1. The zero-order valence-electron chi connectivity index (χ0n) is 24.5. The summed E-state index contributed by atoms with van der Waals surface area (Å²) in [5.41, 5.74) is 0. The van der Waals surface area contributed by atoms with E-state index in [1.54, 1.807) is 0 Å². The van der Waals surface area contributed by atoms with Crippen molar-refractivity contribution in [2.75, 3.05) is 61.5 Å². The quantitative estimate of drug-likeness (QED) is 0.469. The van der Waals surface area contributed by atoms with Crippen LogP contribution in [0.1, 0.15) is 77.0 Å². The summed E-state index contributed by atoms with van der Waals surface area (Å²) in [6, 6.07) is 0.725. The minimum Gasteiger partial charge on any atom is -0.381 e. The highest BCUT2D eigenvalue weighted by Gasteiger charge is 2.44. The van der Waals surface area contributed by atoms with Crippen molar-refractivity contribution in [1.82, 2.24) is 20.2 Å². The molecule has 4 fully saturated rings. The number of ether oxygens (including phenoxy) is 1. The Bertz CT molecular complexity index is 692. The minimum atomic E-state index is 0.0965. The number of amides is 1. The Hall–Kier alpha value is -0.730. The highest BCUT2D eigenvalue weighted by Crippen LogP contribution is 2.44. The van der Waals surface area contributed by atoms with Gasteiger partial charge in [0.15, 0.2) is 0 Å². The lowest BCUT2D eigenvalue weighted by molar-refractivity contribution is -0.145. The van der Waals surface area contributed by atoms with Crippen molar-refractivity contribution >= 4 is 5.91 Å². The molecule has 7 nitrogen and oxygen atoms in total. The fourth-order valence-electron chi connectivity index (χ4n) is 8.13. The van der Waals surface area contributed by atoms with Crippen LogP contribution in [0.15, 0.2) is 0 Å². The Morgan fingerprint density at radius 3 is 2.43 bits per heavy atom. The zero-order chi connectivity index (χ0) is 26.4. The van der Waals surface area contributed by atoms with Crippen LogP contribution in [-0.4, -0.2) is 100 Å². The van der Waals surface area contributed by atoms with E-state index >= 15 is 0 Å². The van der Waals surface area contributed by atoms with E-state index in [1.165, 1.54) is 57.8 Å². The average molecular weight is 521 g/mol. The molecule has 0 bridgehead atoms. The second-order valence-corrected chi connectivity index (χ2v) is 13.2. The number of hydrogen-bond acceptors (Lipinski definition) is 6. The molecule has 4 rings (SSSR count). The number of hydrogen-bond donors (Lipinski definition) is 1. The first-order valence-electron chi connectivity index (χ1n) is 15.4. The highest BCUT2D eigenvalue weighted by molar-refractivity contribution is 5.79. The molecule has 3 aliphatic carbocycles. The fraction of sp³-hybridized carbons (Fsp3) is 0.967. The van der Waals surface area contributed by atoms with Crippen LogP contribution in [-0.2, 0) is 14.4 Å². The molecule has 0 aromatic heterocycles. The smallest absolute Gasteiger partial charge is 0.223 e. The lowest BCUT2D eigenvalue weighted by atomic mass is 9.65. The van der Waals surface area contributed by atoms with Crippen LogP contribution >= 0.6 is 0 Å². The molecule has 0 radical (unpaired) electrons. The number of nitrogens with one attached hydrogen (secondary N) is 1. The second kappa shape index (κ2) is 14.1. The van der Waals surface area contributed by atoms with Crippen LogP contribution in [0.25, 0.3) is 0 Å². The summed E-state index contributed by atoms with van der Waals surface area (Å²) >= 11 is 0. The molecule has 0 spiro atoms. The van der Waals surface area contributed by atoms with Crippen LogP contribution in [0.2, 0.25) is 0 Å². The molecule has 37 heavy (non-hydrogen) atoms. The summed E-state index contributed by atoms with van der Waals surface area (Å²) in [4.78, 5) is 24.3. The van der Waals surface area contributed by atoms with Gasteiger partial charge in [0.1, 0.15) is 0 Å². The van der Waals surface area contributed by atoms with Gasteiger partial charge in [0.05, 0.1) is 12.7 Å². The molecule has 1 aliphatic heterocycles. The monoisotopic (exact) mass is 520 g/mol. The Morgan fingerprint density at radius 2 is 1.78 bits per heavy atom. The van der Waals surface area contributed by atoms with Crippen molar-refractivity contribution in [2.45, 2.75) is 95.2 Å². The van der Waals surface area contributed by atoms with Crippen molar-refractivity contribution in [3.63, 3.8) is 0 Å². The summed E-state index contributed by atoms with van der Waals surface area (Å²) in [6.45, 7) is 3.82. The van der Waals surface area contributed by atoms with Gasteiger partial charge in [-0.25, -0.2) is 0 Å². The van der Waals surface area contributed by atoms with Crippen molar-refractivity contribution in [3.05, 3.63) is 0 Å². The molecule has 0 aromatic carbocycles. The van der Waals surface area contributed by atoms with Crippen LogP contribution in [0.4, 0.5) is 0 Å². The predicted molar refractivity (Wildman–Crippen MR) is 149 cm³/mol. The Morgan fingerprint density at radius 1 is 1.00 bits per heavy atom. The molecule has 0 aromatic rings. The van der Waals surface area contributed by atoms with Gasteiger partial charge in [0.25, 0.3) is 0 Å². The lowest BCUT2D eigenvalue weighted by Gasteiger charge is -2.47. The van der Waals surface area contributed by atoms with Crippen LogP contribution in [0.5, 0.6) is 0 Å². The van der Waals surface area contributed by atoms with Gasteiger partial charge in [-0.2, -0.15) is 5.06 Å². The Balaban J connectivity index is 1.45. The van der Waals surface area contributed by atoms with Gasteiger partial charge in [-0.05, 0) is 97.3 Å². The number of likely N-dealkylation sites (N-methyl/N-ethyl adjacent to an activating group) is 1. The molecular formula is C30H56N4O3. The normalized spacial score (nSPS) is 35.2. The molecule has 1 heterocycles. The first kappa shape index (κ1) is 29.3. The van der Waals surface area contributed by atoms with E-state index < -0.39 is 0 Å². The van der Waals surface area contributed by atoms with E-state index in [1.807, 2.05) is 7.11 Å². The maximum atomic E-state index is 13.9. The van der Waals surface area contributed by atoms with Gasteiger partial charge in [0.2, 0.25) is 5.91 Å². The third-order valence-corrected chi connectivity index (χ3v) is 10.1. The summed E-state index contributed by atoms with van der Waals surface area (Å²) in [6.07, 6.45) is 14.7. The molecular weight excluding hydrogens is 464 g/mol. The number of hydroxylamine groups is 2. The van der Waals surface area contributed by atoms with Crippen molar-refractivity contribution < 1.29 is 14.4 Å². The SMILES string of the molecule is COC1C(CN2CCCO2)CCCC1C1CC(C(=O)NC(CN(C)C)C2CCCCC2)CC(N(C)C)C1. The van der Waals surface area contributed by atoms with Gasteiger partial charge < -0.3 is 19.9 Å². The van der Waals surface area contributed by atoms with Crippen molar-refractivity contribution in [3.8, 4) is 0 Å². The zero-order valence-corrected chi connectivity index (χ0v) is 24.5. The fourth-order valence-corrected chi connectivity index (χ4v) is 8.13. The molecule has 1 amide bonds. The molecule has 214 valence electrons. The highest BCUT2D eigenvalue weighted by atomic mass is 16.7. The molecule has 4 aliphatic rings. The van der Waals surface area contributed by atoms with E-state index in [0.717, 1.165) is 45.5 Å². The number of carbonyl (C=O) groups excluding carboxylic acids is 1. The standard InChI is InChI=1S/C30H56N4O3/c1-32(2)21-28(22-11-7-6-8-12-22)31-30(35)25-17-24(18-26(19-25)33(3)4)27-14-9-13-23(29(27)36-5)20-34-15-10-16-37-34/h22-29H,6-21H2,1-5H3,(H,31,35). The largest absolute Gasteiger partial charge is 0.381 e. The average Bonchev–Trinajstić information content (AvgIpc) is 3.41. The van der Waals surface area contributed by atoms with Gasteiger partial charge >= 0.3 is 0 Å². The molecule has 7 heteroatoms. The first-order chi connectivity index (χ1) is 17.9. The third kappa shape index (κ3) is 7.91. The molecule has 7 unspecified atom stereocenters. The molecule has 7 atom stereocenters. The molecule has 1 saturated heterocycles. The minimum absolute atomic E-state index is 0.0965. The van der Waals surface area contributed by atoms with E-state index in [9.17, 15) is 4.79 Å². The number of methoxy groups -OCH3 is 1. The lowest BCUT2D eigenvalue weighted by Crippen LogP contribution is -2.52. The number of carbonyl (C=O) groups is 1. The number of nitrogens with zero attached hydrogens (tertiary/aromatic N) is 3. The molecule has 3 saturated carbocycles. The van der Waals surface area contributed by atoms with Gasteiger partial charge in [0, 0.05) is 50.7 Å². The maximum absolute atomic E-state index is 13.9. The Labute approximate surface area is 226 Å². The first-order valence-corrected chi connectivity index (χ1v) is 15.4. The van der Waals surface area contributed by atoms with E-state index in [2.05, 4.69) is 48.4 Å². The van der Waals surface area contributed by atoms with Crippen molar-refractivity contribution in [1.29, 1.82) is 0 Å². The summed E-state index contributed by atoms with van der Waals surface area (Å²) in [5.74, 6) is 2.60. The maximum Gasteiger partial charge on any atom is 0.223 e. The van der Waals surface area contributed by atoms with E-state index in [0.29, 0.717) is 35.6 Å². The van der Waals surface area contributed by atoms with E-state index in [4.69, 9.17) is 9.57 Å². The van der Waals surface area contributed by atoms with Crippen LogP contribution in [0.3, 0.4) is 0 Å². The summed E-state index contributed by atoms with van der Waals surface area (Å²) in [7, 11) is 10.6. The third-order valence-electron chi connectivity index (χ3n) is 10.1.